The van der Waals surface area contributed by atoms with Crippen LogP contribution in [-0.4, -0.2) is 17.8 Å². The molecule has 0 heterocycles. The van der Waals surface area contributed by atoms with Crippen LogP contribution in [0.1, 0.15) is 31.9 Å². The second kappa shape index (κ2) is 5.83. The molecule has 2 atom stereocenters. The molecule has 1 aromatic carbocycles. The Kier molecular flexibility index (Phi) is 4.72. The maximum absolute atomic E-state index is 13.3. The number of aliphatic hydroxyl groups is 1. The molecule has 0 spiro atoms. The van der Waals surface area contributed by atoms with Crippen LogP contribution < -0.4 is 5.32 Å². The van der Waals surface area contributed by atoms with Crippen LogP contribution in [0.3, 0.4) is 0 Å². The first kappa shape index (κ1) is 12.1. The number of aliphatic hydroxyl groups excluding tert-OH is 1. The molecule has 0 aliphatic rings. The molecule has 0 aliphatic carbocycles. The fourth-order valence-corrected chi connectivity index (χ4v) is 1.39. The molecule has 0 radical (unpaired) electrons. The molecule has 0 bridgehead atoms. The number of hydrogen-bond donors (Lipinski definition) is 2. The first-order chi connectivity index (χ1) is 7.15. The van der Waals surface area contributed by atoms with Gasteiger partial charge >= 0.3 is 0 Å². The summed E-state index contributed by atoms with van der Waals surface area (Å²) in [5.41, 5.74) is 0.640. The quantitative estimate of drug-likeness (QED) is 0.783. The van der Waals surface area contributed by atoms with Gasteiger partial charge in [-0.3, -0.25) is 0 Å². The Morgan fingerprint density at radius 3 is 2.67 bits per heavy atom. The molecular weight excluding hydrogens is 193 g/mol. The van der Waals surface area contributed by atoms with Crippen LogP contribution in [0.5, 0.6) is 0 Å². The van der Waals surface area contributed by atoms with Gasteiger partial charge in [0.1, 0.15) is 5.82 Å². The SMILES string of the molecule is CCC(O)CNC(C)c1ccccc1F. The van der Waals surface area contributed by atoms with Crippen molar-refractivity contribution >= 4 is 0 Å². The van der Waals surface area contributed by atoms with Crippen molar-refractivity contribution < 1.29 is 9.50 Å². The smallest absolute Gasteiger partial charge is 0.127 e. The molecule has 0 amide bonds. The van der Waals surface area contributed by atoms with Crippen LogP contribution in [0.2, 0.25) is 0 Å². The van der Waals surface area contributed by atoms with E-state index in [0.717, 1.165) is 0 Å². The summed E-state index contributed by atoms with van der Waals surface area (Å²) in [5.74, 6) is -0.205. The standard InChI is InChI=1S/C12H18FNO/c1-3-10(15)8-14-9(2)11-6-4-5-7-12(11)13/h4-7,9-10,14-15H,3,8H2,1-2H3. The molecule has 0 saturated carbocycles. The van der Waals surface area contributed by atoms with Crippen molar-refractivity contribution in [2.75, 3.05) is 6.54 Å². The summed E-state index contributed by atoms with van der Waals surface area (Å²) in [4.78, 5) is 0. The van der Waals surface area contributed by atoms with Crippen LogP contribution in [0.25, 0.3) is 0 Å². The van der Waals surface area contributed by atoms with Crippen LogP contribution in [0, 0.1) is 5.82 Å². The summed E-state index contributed by atoms with van der Waals surface area (Å²) in [6, 6.07) is 6.61. The molecule has 1 aromatic rings. The van der Waals surface area contributed by atoms with E-state index in [9.17, 15) is 9.50 Å². The summed E-state index contributed by atoms with van der Waals surface area (Å²) >= 11 is 0. The number of nitrogens with one attached hydrogen (secondary N) is 1. The van der Waals surface area contributed by atoms with E-state index in [0.29, 0.717) is 18.5 Å². The molecule has 0 aromatic heterocycles. The van der Waals surface area contributed by atoms with E-state index >= 15 is 0 Å². The molecule has 0 fully saturated rings. The minimum Gasteiger partial charge on any atom is -0.392 e. The van der Waals surface area contributed by atoms with Gasteiger partial charge < -0.3 is 10.4 Å². The van der Waals surface area contributed by atoms with Gasteiger partial charge in [0, 0.05) is 18.2 Å². The van der Waals surface area contributed by atoms with Crippen molar-refractivity contribution in [3.63, 3.8) is 0 Å². The third kappa shape index (κ3) is 3.61. The molecule has 2 nitrogen and oxygen atoms in total. The lowest BCUT2D eigenvalue weighted by atomic mass is 10.1. The van der Waals surface area contributed by atoms with Gasteiger partial charge in [-0.15, -0.1) is 0 Å². The second-order valence-electron chi connectivity index (χ2n) is 3.71. The van der Waals surface area contributed by atoms with Crippen LogP contribution >= 0.6 is 0 Å². The van der Waals surface area contributed by atoms with Gasteiger partial charge in [-0.2, -0.15) is 0 Å². The second-order valence-corrected chi connectivity index (χ2v) is 3.71. The van der Waals surface area contributed by atoms with E-state index in [-0.39, 0.29) is 18.0 Å². The molecule has 3 heteroatoms. The highest BCUT2D eigenvalue weighted by Crippen LogP contribution is 2.15. The zero-order valence-corrected chi connectivity index (χ0v) is 9.20. The Morgan fingerprint density at radius 2 is 2.07 bits per heavy atom. The highest BCUT2D eigenvalue weighted by molar-refractivity contribution is 5.20. The summed E-state index contributed by atoms with van der Waals surface area (Å²) in [5, 5.41) is 12.5. The normalized spacial score (nSPS) is 14.9. The van der Waals surface area contributed by atoms with Crippen LogP contribution in [0.4, 0.5) is 4.39 Å². The zero-order chi connectivity index (χ0) is 11.3. The number of benzene rings is 1. The number of rotatable bonds is 5. The molecule has 2 N–H and O–H groups in total. The average Bonchev–Trinajstić information content (AvgIpc) is 2.26. The lowest BCUT2D eigenvalue weighted by Crippen LogP contribution is -2.29. The largest absolute Gasteiger partial charge is 0.392 e. The lowest BCUT2D eigenvalue weighted by Gasteiger charge is -2.17. The topological polar surface area (TPSA) is 32.3 Å². The third-order valence-corrected chi connectivity index (χ3v) is 2.50. The Bertz CT molecular complexity index is 303. The van der Waals surface area contributed by atoms with Gasteiger partial charge in [0.05, 0.1) is 6.10 Å². The van der Waals surface area contributed by atoms with E-state index in [4.69, 9.17) is 0 Å². The van der Waals surface area contributed by atoms with Crippen molar-refractivity contribution in [3.05, 3.63) is 35.6 Å². The zero-order valence-electron chi connectivity index (χ0n) is 9.20. The summed E-state index contributed by atoms with van der Waals surface area (Å²) < 4.78 is 13.3. The van der Waals surface area contributed by atoms with Crippen molar-refractivity contribution in [2.24, 2.45) is 0 Å². The van der Waals surface area contributed by atoms with Crippen molar-refractivity contribution in [2.45, 2.75) is 32.4 Å². The van der Waals surface area contributed by atoms with Crippen LogP contribution in [-0.2, 0) is 0 Å². The minimum atomic E-state index is -0.362. The van der Waals surface area contributed by atoms with Crippen molar-refractivity contribution in [1.82, 2.24) is 5.32 Å². The Balaban J connectivity index is 2.54. The lowest BCUT2D eigenvalue weighted by molar-refractivity contribution is 0.163. The van der Waals surface area contributed by atoms with E-state index in [1.165, 1.54) is 6.07 Å². The summed E-state index contributed by atoms with van der Waals surface area (Å²) in [6.07, 6.45) is 0.344. The predicted molar refractivity (Wildman–Crippen MR) is 59.1 cm³/mol. The van der Waals surface area contributed by atoms with Gasteiger partial charge in [-0.25, -0.2) is 4.39 Å². The summed E-state index contributed by atoms with van der Waals surface area (Å²) in [7, 11) is 0. The molecule has 2 unspecified atom stereocenters. The highest BCUT2D eigenvalue weighted by Gasteiger charge is 2.10. The molecule has 15 heavy (non-hydrogen) atoms. The Hall–Kier alpha value is -0.930. The van der Waals surface area contributed by atoms with Gasteiger partial charge in [0.25, 0.3) is 0 Å². The van der Waals surface area contributed by atoms with E-state index in [1.54, 1.807) is 12.1 Å². The predicted octanol–water partition coefficient (Wildman–Crippen LogP) is 2.25. The average molecular weight is 211 g/mol. The van der Waals surface area contributed by atoms with Gasteiger partial charge in [-0.1, -0.05) is 25.1 Å². The maximum atomic E-state index is 13.3. The van der Waals surface area contributed by atoms with E-state index in [2.05, 4.69) is 5.32 Å². The van der Waals surface area contributed by atoms with Gasteiger partial charge in [-0.05, 0) is 19.4 Å². The molecular formula is C12H18FNO. The van der Waals surface area contributed by atoms with Crippen molar-refractivity contribution in [1.29, 1.82) is 0 Å². The van der Waals surface area contributed by atoms with Crippen LogP contribution in [0.15, 0.2) is 24.3 Å². The maximum Gasteiger partial charge on any atom is 0.127 e. The van der Waals surface area contributed by atoms with Crippen molar-refractivity contribution in [3.8, 4) is 0 Å². The van der Waals surface area contributed by atoms with Gasteiger partial charge in [0.15, 0.2) is 0 Å². The number of hydrogen-bond acceptors (Lipinski definition) is 2. The molecule has 84 valence electrons. The fraction of sp³-hybridized carbons (Fsp3) is 0.500. The van der Waals surface area contributed by atoms with Gasteiger partial charge in [0.2, 0.25) is 0 Å². The van der Waals surface area contributed by atoms with E-state index in [1.807, 2.05) is 19.9 Å². The summed E-state index contributed by atoms with van der Waals surface area (Å²) in [6.45, 7) is 4.30. The third-order valence-electron chi connectivity index (χ3n) is 2.50. The fourth-order valence-electron chi connectivity index (χ4n) is 1.39. The molecule has 0 saturated heterocycles. The Morgan fingerprint density at radius 1 is 1.40 bits per heavy atom. The highest BCUT2D eigenvalue weighted by atomic mass is 19.1. The molecule has 0 aliphatic heterocycles. The molecule has 1 rings (SSSR count). The van der Waals surface area contributed by atoms with E-state index < -0.39 is 0 Å². The first-order valence-corrected chi connectivity index (χ1v) is 5.31. The minimum absolute atomic E-state index is 0.0765. The number of halogens is 1. The Labute approximate surface area is 90.1 Å². The monoisotopic (exact) mass is 211 g/mol. The first-order valence-electron chi connectivity index (χ1n) is 5.31.